The molecular formula is C13H15BrN2O4. The lowest BCUT2D eigenvalue weighted by Gasteiger charge is -2.24. The lowest BCUT2D eigenvalue weighted by atomic mass is 10.1. The van der Waals surface area contributed by atoms with Gasteiger partial charge in [0.15, 0.2) is 0 Å². The summed E-state index contributed by atoms with van der Waals surface area (Å²) in [6, 6.07) is 4.50. The van der Waals surface area contributed by atoms with Crippen molar-refractivity contribution in [2.45, 2.75) is 25.4 Å². The Morgan fingerprint density at radius 3 is 2.85 bits per heavy atom. The van der Waals surface area contributed by atoms with Gasteiger partial charge in [-0.2, -0.15) is 0 Å². The molecule has 1 amide bonds. The van der Waals surface area contributed by atoms with Crippen molar-refractivity contribution in [2.75, 3.05) is 16.8 Å². The third-order valence-electron chi connectivity index (χ3n) is 3.27. The van der Waals surface area contributed by atoms with Gasteiger partial charge in [0, 0.05) is 29.6 Å². The van der Waals surface area contributed by atoms with Gasteiger partial charge in [0.2, 0.25) is 5.91 Å². The molecule has 0 fully saturated rings. The van der Waals surface area contributed by atoms with E-state index in [4.69, 9.17) is 0 Å². The fourth-order valence-electron chi connectivity index (χ4n) is 2.31. The summed E-state index contributed by atoms with van der Waals surface area (Å²) in [5.41, 5.74) is 1.48. The van der Waals surface area contributed by atoms with Crippen LogP contribution in [-0.4, -0.2) is 33.9 Å². The lowest BCUT2D eigenvalue weighted by molar-refractivity contribution is -0.384. The standard InChI is InChI=1S/C13H15BrN2O4/c14-7-11(17)8-15-12-5-4-10(16(19)20)6-9(12)2-1-3-13(15)18/h4-6,11,17H,1-3,7-8H2. The predicted octanol–water partition coefficient (Wildman–Crippen LogP) is 2.02. The molecule has 1 unspecified atom stereocenters. The maximum Gasteiger partial charge on any atom is 0.269 e. The molecule has 0 saturated heterocycles. The minimum absolute atomic E-state index is 0.0269. The molecular weight excluding hydrogens is 328 g/mol. The van der Waals surface area contributed by atoms with Gasteiger partial charge in [-0.15, -0.1) is 0 Å². The Kier molecular flexibility index (Phi) is 4.72. The third kappa shape index (κ3) is 3.16. The van der Waals surface area contributed by atoms with Crippen molar-refractivity contribution in [3.05, 3.63) is 33.9 Å². The Hall–Kier alpha value is -1.47. The van der Waals surface area contributed by atoms with E-state index in [9.17, 15) is 20.0 Å². The van der Waals surface area contributed by atoms with E-state index in [0.29, 0.717) is 30.3 Å². The molecule has 1 aromatic rings. The van der Waals surface area contributed by atoms with Gasteiger partial charge in [0.1, 0.15) is 0 Å². The molecule has 1 aliphatic heterocycles. The number of nitro groups is 1. The number of halogens is 1. The quantitative estimate of drug-likeness (QED) is 0.515. The van der Waals surface area contributed by atoms with E-state index in [2.05, 4.69) is 15.9 Å². The smallest absolute Gasteiger partial charge is 0.269 e. The molecule has 0 aliphatic carbocycles. The number of nitrogens with zero attached hydrogens (tertiary/aromatic N) is 2. The van der Waals surface area contributed by atoms with E-state index < -0.39 is 11.0 Å². The summed E-state index contributed by atoms with van der Waals surface area (Å²) in [5, 5.41) is 20.9. The number of alkyl halides is 1. The van der Waals surface area contributed by atoms with Gasteiger partial charge in [0.05, 0.1) is 17.6 Å². The normalized spacial score (nSPS) is 16.5. The molecule has 0 aromatic heterocycles. The van der Waals surface area contributed by atoms with Crippen LogP contribution in [0.2, 0.25) is 0 Å². The summed E-state index contributed by atoms with van der Waals surface area (Å²) in [6.07, 6.45) is 1.01. The largest absolute Gasteiger partial charge is 0.390 e. The van der Waals surface area contributed by atoms with Crippen LogP contribution in [0.25, 0.3) is 0 Å². The first-order chi connectivity index (χ1) is 9.52. The van der Waals surface area contributed by atoms with Gasteiger partial charge in [0.25, 0.3) is 5.69 Å². The molecule has 1 N–H and O–H groups in total. The molecule has 2 rings (SSSR count). The molecule has 6 nitrogen and oxygen atoms in total. The Morgan fingerprint density at radius 1 is 1.45 bits per heavy atom. The van der Waals surface area contributed by atoms with Gasteiger partial charge in [-0.1, -0.05) is 15.9 Å². The fourth-order valence-corrected chi connectivity index (χ4v) is 2.51. The van der Waals surface area contributed by atoms with Crippen molar-refractivity contribution in [1.82, 2.24) is 0 Å². The molecule has 0 saturated carbocycles. The number of nitro benzene ring substituents is 1. The first-order valence-electron chi connectivity index (χ1n) is 6.34. The van der Waals surface area contributed by atoms with E-state index in [0.717, 1.165) is 5.56 Å². The number of non-ortho nitro benzene ring substituents is 1. The molecule has 1 heterocycles. The molecule has 0 radical (unpaired) electrons. The average Bonchev–Trinajstić information content (AvgIpc) is 2.58. The monoisotopic (exact) mass is 342 g/mol. The Labute approximate surface area is 124 Å². The second-order valence-electron chi connectivity index (χ2n) is 4.74. The van der Waals surface area contributed by atoms with E-state index in [1.54, 1.807) is 6.07 Å². The molecule has 20 heavy (non-hydrogen) atoms. The van der Waals surface area contributed by atoms with Crippen LogP contribution in [0.3, 0.4) is 0 Å². The second-order valence-corrected chi connectivity index (χ2v) is 5.38. The highest BCUT2D eigenvalue weighted by Gasteiger charge is 2.25. The highest BCUT2D eigenvalue weighted by Crippen LogP contribution is 2.30. The minimum Gasteiger partial charge on any atom is -0.390 e. The Morgan fingerprint density at radius 2 is 2.20 bits per heavy atom. The number of anilines is 1. The number of benzene rings is 1. The van der Waals surface area contributed by atoms with Crippen LogP contribution in [0.5, 0.6) is 0 Å². The molecule has 1 aromatic carbocycles. The zero-order valence-corrected chi connectivity index (χ0v) is 12.4. The molecule has 0 bridgehead atoms. The van der Waals surface area contributed by atoms with Gasteiger partial charge in [-0.05, 0) is 24.5 Å². The summed E-state index contributed by atoms with van der Waals surface area (Å²) in [6.45, 7) is 0.189. The lowest BCUT2D eigenvalue weighted by Crippen LogP contribution is -2.37. The average molecular weight is 343 g/mol. The number of fused-ring (bicyclic) bond motifs is 1. The van der Waals surface area contributed by atoms with Crippen LogP contribution in [0, 0.1) is 10.1 Å². The van der Waals surface area contributed by atoms with E-state index in [1.165, 1.54) is 17.0 Å². The van der Waals surface area contributed by atoms with Crippen LogP contribution in [0.1, 0.15) is 18.4 Å². The molecule has 0 spiro atoms. The second kappa shape index (κ2) is 6.32. The number of aliphatic hydroxyl groups excluding tert-OH is 1. The van der Waals surface area contributed by atoms with Gasteiger partial charge < -0.3 is 10.0 Å². The van der Waals surface area contributed by atoms with Gasteiger partial charge in [-0.3, -0.25) is 14.9 Å². The van der Waals surface area contributed by atoms with Gasteiger partial charge >= 0.3 is 0 Å². The summed E-state index contributed by atoms with van der Waals surface area (Å²) in [7, 11) is 0. The first kappa shape index (κ1) is 14.9. The zero-order valence-electron chi connectivity index (χ0n) is 10.8. The number of hydrogen-bond acceptors (Lipinski definition) is 4. The number of amides is 1. The van der Waals surface area contributed by atoms with Crippen molar-refractivity contribution in [2.24, 2.45) is 0 Å². The topological polar surface area (TPSA) is 83.7 Å². The van der Waals surface area contributed by atoms with E-state index in [-0.39, 0.29) is 18.1 Å². The van der Waals surface area contributed by atoms with Crippen LogP contribution in [0.15, 0.2) is 18.2 Å². The van der Waals surface area contributed by atoms with Crippen LogP contribution >= 0.6 is 15.9 Å². The number of carbonyl (C=O) groups is 1. The van der Waals surface area contributed by atoms with Crippen LogP contribution < -0.4 is 4.90 Å². The first-order valence-corrected chi connectivity index (χ1v) is 7.46. The van der Waals surface area contributed by atoms with Crippen LogP contribution in [-0.2, 0) is 11.2 Å². The zero-order chi connectivity index (χ0) is 14.7. The number of hydrogen-bond donors (Lipinski definition) is 1. The van der Waals surface area contributed by atoms with Crippen molar-refractivity contribution < 1.29 is 14.8 Å². The Balaban J connectivity index is 2.38. The highest BCUT2D eigenvalue weighted by atomic mass is 79.9. The van der Waals surface area contributed by atoms with Crippen LogP contribution in [0.4, 0.5) is 11.4 Å². The predicted molar refractivity (Wildman–Crippen MR) is 78.2 cm³/mol. The molecule has 108 valence electrons. The SMILES string of the molecule is O=C1CCCc2cc([N+](=O)[O-])ccc2N1CC(O)CBr. The maximum atomic E-state index is 12.1. The number of aliphatic hydroxyl groups is 1. The fraction of sp³-hybridized carbons (Fsp3) is 0.462. The third-order valence-corrected chi connectivity index (χ3v) is 4.02. The maximum absolute atomic E-state index is 12.1. The van der Waals surface area contributed by atoms with Gasteiger partial charge in [-0.25, -0.2) is 0 Å². The number of carbonyl (C=O) groups excluding carboxylic acids is 1. The van der Waals surface area contributed by atoms with Crippen molar-refractivity contribution in [3.8, 4) is 0 Å². The van der Waals surface area contributed by atoms with Crippen molar-refractivity contribution >= 4 is 33.2 Å². The molecule has 7 heteroatoms. The van der Waals surface area contributed by atoms with Crippen molar-refractivity contribution in [3.63, 3.8) is 0 Å². The highest BCUT2D eigenvalue weighted by molar-refractivity contribution is 9.09. The van der Waals surface area contributed by atoms with E-state index in [1.807, 2.05) is 0 Å². The minimum atomic E-state index is -0.667. The molecule has 1 aliphatic rings. The number of aryl methyl sites for hydroxylation is 1. The summed E-state index contributed by atoms with van der Waals surface area (Å²) >= 11 is 3.17. The van der Waals surface area contributed by atoms with Crippen molar-refractivity contribution in [1.29, 1.82) is 0 Å². The number of rotatable bonds is 4. The summed E-state index contributed by atoms with van der Waals surface area (Å²) in [4.78, 5) is 24.0. The molecule has 1 atom stereocenters. The number of β-amino-alcohol motifs (C(OH)–C–C–N with tert-alkyl or cyclic N) is 1. The van der Waals surface area contributed by atoms with E-state index >= 15 is 0 Å². The Bertz CT molecular complexity index is 535. The summed E-state index contributed by atoms with van der Waals surface area (Å²) in [5.74, 6) is -0.0578. The summed E-state index contributed by atoms with van der Waals surface area (Å²) < 4.78 is 0.